The smallest absolute Gasteiger partial charge is 0.330 e. The molecule has 4 rings (SSSR count). The van der Waals surface area contributed by atoms with Gasteiger partial charge in [0.05, 0.1) is 6.54 Å². The van der Waals surface area contributed by atoms with Gasteiger partial charge in [0, 0.05) is 32.1 Å². The van der Waals surface area contributed by atoms with Gasteiger partial charge >= 0.3 is 5.69 Å². The molecule has 2 bridgehead atoms. The lowest BCUT2D eigenvalue weighted by Gasteiger charge is -2.37. The van der Waals surface area contributed by atoms with E-state index in [1.165, 1.54) is 10.8 Å². The summed E-state index contributed by atoms with van der Waals surface area (Å²) in [5.74, 6) is 1.20. The Hall–Kier alpha value is -2.72. The lowest BCUT2D eigenvalue weighted by atomic mass is 9.96. The fourth-order valence-corrected chi connectivity index (χ4v) is 4.05. The molecule has 0 aromatic carbocycles. The second-order valence-corrected chi connectivity index (χ2v) is 7.58. The van der Waals surface area contributed by atoms with E-state index in [0.717, 1.165) is 0 Å². The number of aliphatic hydroxyl groups is 1. The standard InChI is InChI=1S/C18H24N6O4/c1-5-18-9-24(11-6-7-19-16(20-11)22(3)4)12(13(18)25)15(28-18)23-8-10(2)14(26)21-17(23)27/h6-8,12-13,15,25H,5,9H2,1-4H3,(H,21,26,27)/t12-,13+,15-,18+/m1/s1. The monoisotopic (exact) mass is 388 g/mol. The second kappa shape index (κ2) is 6.42. The van der Waals surface area contributed by atoms with Crippen LogP contribution in [0.15, 0.2) is 28.0 Å². The number of H-pyrrole nitrogens is 1. The van der Waals surface area contributed by atoms with Crippen molar-refractivity contribution < 1.29 is 9.84 Å². The predicted molar refractivity (Wildman–Crippen MR) is 103 cm³/mol. The van der Waals surface area contributed by atoms with Gasteiger partial charge in [-0.25, -0.2) is 9.78 Å². The van der Waals surface area contributed by atoms with Gasteiger partial charge in [-0.3, -0.25) is 14.3 Å². The van der Waals surface area contributed by atoms with Crippen LogP contribution in [0.3, 0.4) is 0 Å². The fourth-order valence-electron chi connectivity index (χ4n) is 4.05. The van der Waals surface area contributed by atoms with Gasteiger partial charge in [0.15, 0.2) is 6.23 Å². The van der Waals surface area contributed by atoms with Crippen LogP contribution in [-0.2, 0) is 4.74 Å². The number of ether oxygens (including phenoxy) is 1. The predicted octanol–water partition coefficient (Wildman–Crippen LogP) is -0.372. The number of aromatic amines is 1. The number of nitrogens with zero attached hydrogens (tertiary/aromatic N) is 5. The highest BCUT2D eigenvalue weighted by Gasteiger charge is 2.63. The molecule has 0 amide bonds. The first-order chi connectivity index (χ1) is 13.3. The Morgan fingerprint density at radius 2 is 2.18 bits per heavy atom. The molecular formula is C18H24N6O4. The van der Waals surface area contributed by atoms with E-state index in [-0.39, 0.29) is 0 Å². The van der Waals surface area contributed by atoms with Crippen LogP contribution in [0.2, 0.25) is 0 Å². The van der Waals surface area contributed by atoms with Crippen molar-refractivity contribution in [3.63, 3.8) is 0 Å². The van der Waals surface area contributed by atoms with Gasteiger partial charge in [-0.1, -0.05) is 6.92 Å². The number of hydrogen-bond acceptors (Lipinski definition) is 8. The molecule has 28 heavy (non-hydrogen) atoms. The van der Waals surface area contributed by atoms with E-state index in [4.69, 9.17) is 4.74 Å². The number of anilines is 2. The van der Waals surface area contributed by atoms with E-state index in [1.807, 2.05) is 25.9 Å². The second-order valence-electron chi connectivity index (χ2n) is 7.58. The molecule has 10 heteroatoms. The third-order valence-corrected chi connectivity index (χ3v) is 5.65. The molecule has 2 aromatic heterocycles. The number of aryl methyl sites for hydroxylation is 1. The van der Waals surface area contributed by atoms with E-state index < -0.39 is 35.2 Å². The molecule has 10 nitrogen and oxygen atoms in total. The van der Waals surface area contributed by atoms with Gasteiger partial charge in [0.1, 0.15) is 23.6 Å². The summed E-state index contributed by atoms with van der Waals surface area (Å²) in [7, 11) is 3.71. The van der Waals surface area contributed by atoms with E-state index in [9.17, 15) is 14.7 Å². The maximum Gasteiger partial charge on any atom is 0.330 e. The SMILES string of the molecule is CC[C@@]12CN(c3ccnc(N(C)C)n3)[C@@H]([C@H](n3cc(C)c(=O)[nH]c3=O)O1)[C@@H]2O. The molecule has 0 unspecified atom stereocenters. The maximum absolute atomic E-state index is 12.4. The Balaban J connectivity index is 1.80. The van der Waals surface area contributed by atoms with Crippen molar-refractivity contribution in [2.75, 3.05) is 30.4 Å². The van der Waals surface area contributed by atoms with Crippen LogP contribution in [0.4, 0.5) is 11.8 Å². The van der Waals surface area contributed by atoms with Crippen molar-refractivity contribution in [3.05, 3.63) is 44.9 Å². The van der Waals surface area contributed by atoms with E-state index >= 15 is 0 Å². The molecule has 0 aliphatic carbocycles. The number of aromatic nitrogens is 4. The van der Waals surface area contributed by atoms with Crippen molar-refractivity contribution in [1.82, 2.24) is 19.5 Å². The number of hydrogen-bond donors (Lipinski definition) is 2. The van der Waals surface area contributed by atoms with Gasteiger partial charge in [-0.2, -0.15) is 4.98 Å². The van der Waals surface area contributed by atoms with Crippen molar-refractivity contribution in [2.24, 2.45) is 0 Å². The quantitative estimate of drug-likeness (QED) is 0.729. The molecule has 4 heterocycles. The molecule has 0 saturated carbocycles. The third-order valence-electron chi connectivity index (χ3n) is 5.65. The fraction of sp³-hybridized carbons (Fsp3) is 0.556. The molecular weight excluding hydrogens is 364 g/mol. The summed E-state index contributed by atoms with van der Waals surface area (Å²) in [5.41, 5.74) is -1.42. The topological polar surface area (TPSA) is 117 Å². The van der Waals surface area contributed by atoms with Gasteiger partial charge in [-0.05, 0) is 19.4 Å². The Morgan fingerprint density at radius 3 is 2.82 bits per heavy atom. The molecule has 4 atom stereocenters. The molecule has 150 valence electrons. The minimum Gasteiger partial charge on any atom is -0.388 e. The van der Waals surface area contributed by atoms with Gasteiger partial charge in [0.25, 0.3) is 5.56 Å². The van der Waals surface area contributed by atoms with E-state index in [1.54, 1.807) is 24.1 Å². The van der Waals surface area contributed by atoms with Crippen LogP contribution < -0.4 is 21.0 Å². The van der Waals surface area contributed by atoms with Gasteiger partial charge in [0.2, 0.25) is 5.95 Å². The lowest BCUT2D eigenvalue weighted by Crippen LogP contribution is -2.49. The zero-order valence-electron chi connectivity index (χ0n) is 16.3. The first-order valence-electron chi connectivity index (χ1n) is 9.22. The molecule has 2 aliphatic heterocycles. The van der Waals surface area contributed by atoms with Crippen molar-refractivity contribution in [1.29, 1.82) is 0 Å². The zero-order valence-corrected chi connectivity index (χ0v) is 16.3. The molecule has 2 saturated heterocycles. The minimum atomic E-state index is -0.817. The highest BCUT2D eigenvalue weighted by Crippen LogP contribution is 2.49. The van der Waals surface area contributed by atoms with Crippen LogP contribution in [0.1, 0.15) is 25.1 Å². The third kappa shape index (κ3) is 2.63. The Kier molecular flexibility index (Phi) is 4.27. The first kappa shape index (κ1) is 18.6. The molecule has 0 spiro atoms. The van der Waals surface area contributed by atoms with Gasteiger partial charge in [-0.15, -0.1) is 0 Å². The van der Waals surface area contributed by atoms with Crippen LogP contribution in [0.25, 0.3) is 0 Å². The highest BCUT2D eigenvalue weighted by atomic mass is 16.6. The van der Waals surface area contributed by atoms with E-state index in [2.05, 4.69) is 15.0 Å². The maximum atomic E-state index is 12.4. The Labute approximate surface area is 161 Å². The van der Waals surface area contributed by atoms with Crippen LogP contribution in [0.5, 0.6) is 0 Å². The summed E-state index contributed by atoms with van der Waals surface area (Å²) in [6, 6.07) is 1.26. The summed E-state index contributed by atoms with van der Waals surface area (Å²) >= 11 is 0. The van der Waals surface area contributed by atoms with Gasteiger partial charge < -0.3 is 19.6 Å². The summed E-state index contributed by atoms with van der Waals surface area (Å²) < 4.78 is 7.55. The number of morpholine rings is 1. The Bertz CT molecular complexity index is 1020. The zero-order chi connectivity index (χ0) is 20.2. The van der Waals surface area contributed by atoms with Crippen LogP contribution in [-0.4, -0.2) is 63.0 Å². The molecule has 2 aromatic rings. The normalized spacial score (nSPS) is 28.8. The largest absolute Gasteiger partial charge is 0.388 e. The van der Waals surface area contributed by atoms with E-state index in [0.29, 0.717) is 30.3 Å². The van der Waals surface area contributed by atoms with Crippen LogP contribution >= 0.6 is 0 Å². The summed E-state index contributed by atoms with van der Waals surface area (Å²) in [6.07, 6.45) is 2.16. The first-order valence-corrected chi connectivity index (χ1v) is 9.22. The Morgan fingerprint density at radius 1 is 1.43 bits per heavy atom. The molecule has 2 aliphatic rings. The minimum absolute atomic E-state index is 0.398. The number of nitrogens with one attached hydrogen (secondary N) is 1. The highest BCUT2D eigenvalue weighted by molar-refractivity contribution is 5.48. The summed E-state index contributed by atoms with van der Waals surface area (Å²) in [4.78, 5) is 39.1. The average molecular weight is 388 g/mol. The van der Waals surface area contributed by atoms with Crippen molar-refractivity contribution in [3.8, 4) is 0 Å². The van der Waals surface area contributed by atoms with Crippen LogP contribution in [0, 0.1) is 6.92 Å². The summed E-state index contributed by atoms with van der Waals surface area (Å²) in [5, 5.41) is 11.0. The van der Waals surface area contributed by atoms with Crippen molar-refractivity contribution in [2.45, 2.75) is 44.2 Å². The number of aliphatic hydroxyl groups excluding tert-OH is 1. The molecule has 2 N–H and O–H groups in total. The molecule has 2 fully saturated rings. The van der Waals surface area contributed by atoms with Crippen molar-refractivity contribution >= 4 is 11.8 Å². The molecule has 0 radical (unpaired) electrons. The number of rotatable bonds is 4. The number of fused-ring (bicyclic) bond motifs is 2. The average Bonchev–Trinajstić information content (AvgIpc) is 3.12. The summed E-state index contributed by atoms with van der Waals surface area (Å²) in [6.45, 7) is 4.02. The lowest BCUT2D eigenvalue weighted by molar-refractivity contribution is -0.107.